The zero-order valence-electron chi connectivity index (χ0n) is 10.7. The minimum Gasteiger partial charge on any atom is -0.371 e. The first-order valence-electron chi connectivity index (χ1n) is 6.50. The molecule has 17 heavy (non-hydrogen) atoms. The van der Waals surface area contributed by atoms with Gasteiger partial charge in [0.15, 0.2) is 0 Å². The fraction of sp³-hybridized carbons (Fsp3) is 0.533. The van der Waals surface area contributed by atoms with Gasteiger partial charge in [-0.2, -0.15) is 5.26 Å². The van der Waals surface area contributed by atoms with Crippen LogP contribution >= 0.6 is 0 Å². The predicted octanol–water partition coefficient (Wildman–Crippen LogP) is 3.49. The van der Waals surface area contributed by atoms with Gasteiger partial charge in [0.05, 0.1) is 11.6 Å². The lowest BCUT2D eigenvalue weighted by molar-refractivity contribution is 0.404. The molecule has 2 rings (SSSR count). The van der Waals surface area contributed by atoms with Crippen LogP contribution in [0.3, 0.4) is 0 Å². The number of hydrogen-bond donors (Lipinski definition) is 0. The minimum absolute atomic E-state index is 0.790. The van der Waals surface area contributed by atoms with Crippen LogP contribution in [0.15, 0.2) is 18.2 Å². The number of piperidine rings is 1. The molecule has 0 aromatic heterocycles. The Balaban J connectivity index is 2.17. The maximum Gasteiger partial charge on any atom is 0.0994 e. The Bertz CT molecular complexity index is 431. The van der Waals surface area contributed by atoms with Gasteiger partial charge in [-0.15, -0.1) is 0 Å². The SMILES string of the molecule is CCC1CCCN(c2ccc(C#N)c(C)c2)C1. The molecule has 1 aliphatic rings. The molecule has 1 atom stereocenters. The maximum absolute atomic E-state index is 8.94. The van der Waals surface area contributed by atoms with Gasteiger partial charge in [-0.05, 0) is 49.4 Å². The van der Waals surface area contributed by atoms with Crippen molar-refractivity contribution >= 4 is 5.69 Å². The Hall–Kier alpha value is -1.49. The Morgan fingerprint density at radius 3 is 2.94 bits per heavy atom. The summed E-state index contributed by atoms with van der Waals surface area (Å²) in [6.45, 7) is 6.62. The molecule has 1 fully saturated rings. The van der Waals surface area contributed by atoms with Crippen molar-refractivity contribution in [2.45, 2.75) is 33.1 Å². The van der Waals surface area contributed by atoms with Crippen LogP contribution < -0.4 is 4.90 Å². The lowest BCUT2D eigenvalue weighted by Gasteiger charge is -2.34. The Labute approximate surface area is 104 Å². The first-order chi connectivity index (χ1) is 8.24. The number of aryl methyl sites for hydroxylation is 1. The molecule has 0 bridgehead atoms. The van der Waals surface area contributed by atoms with Gasteiger partial charge in [0.1, 0.15) is 0 Å². The van der Waals surface area contributed by atoms with Gasteiger partial charge >= 0.3 is 0 Å². The highest BCUT2D eigenvalue weighted by atomic mass is 15.1. The Morgan fingerprint density at radius 1 is 1.47 bits per heavy atom. The van der Waals surface area contributed by atoms with Crippen molar-refractivity contribution in [2.75, 3.05) is 18.0 Å². The van der Waals surface area contributed by atoms with E-state index in [1.807, 2.05) is 13.0 Å². The summed E-state index contributed by atoms with van der Waals surface area (Å²) < 4.78 is 0. The van der Waals surface area contributed by atoms with Crippen LogP contribution in [0, 0.1) is 24.2 Å². The highest BCUT2D eigenvalue weighted by Gasteiger charge is 2.18. The van der Waals surface area contributed by atoms with Gasteiger partial charge in [0.25, 0.3) is 0 Å². The third kappa shape index (κ3) is 2.61. The summed E-state index contributed by atoms with van der Waals surface area (Å²) in [7, 11) is 0. The predicted molar refractivity (Wildman–Crippen MR) is 71.1 cm³/mol. The van der Waals surface area contributed by atoms with E-state index in [1.54, 1.807) is 0 Å². The zero-order chi connectivity index (χ0) is 12.3. The van der Waals surface area contributed by atoms with Crippen LogP contribution in [-0.4, -0.2) is 13.1 Å². The van der Waals surface area contributed by atoms with E-state index >= 15 is 0 Å². The van der Waals surface area contributed by atoms with E-state index in [-0.39, 0.29) is 0 Å². The van der Waals surface area contributed by atoms with Crippen LogP contribution in [0.25, 0.3) is 0 Å². The number of benzene rings is 1. The number of nitriles is 1. The second-order valence-electron chi connectivity index (χ2n) is 4.97. The summed E-state index contributed by atoms with van der Waals surface area (Å²) in [4.78, 5) is 2.46. The summed E-state index contributed by atoms with van der Waals surface area (Å²) >= 11 is 0. The third-order valence-electron chi connectivity index (χ3n) is 3.79. The summed E-state index contributed by atoms with van der Waals surface area (Å²) in [5, 5.41) is 8.94. The number of rotatable bonds is 2. The fourth-order valence-corrected chi connectivity index (χ4v) is 2.60. The number of hydrogen-bond acceptors (Lipinski definition) is 2. The van der Waals surface area contributed by atoms with Crippen molar-refractivity contribution in [3.8, 4) is 6.07 Å². The van der Waals surface area contributed by atoms with Crippen LogP contribution in [0.4, 0.5) is 5.69 Å². The summed E-state index contributed by atoms with van der Waals surface area (Å²) in [5.74, 6) is 0.833. The zero-order valence-corrected chi connectivity index (χ0v) is 10.7. The number of anilines is 1. The normalized spacial score (nSPS) is 20.1. The highest BCUT2D eigenvalue weighted by molar-refractivity contribution is 5.53. The molecule has 0 radical (unpaired) electrons. The third-order valence-corrected chi connectivity index (χ3v) is 3.79. The first-order valence-corrected chi connectivity index (χ1v) is 6.50. The van der Waals surface area contributed by atoms with Crippen LogP contribution in [0.2, 0.25) is 0 Å². The van der Waals surface area contributed by atoms with E-state index in [2.05, 4.69) is 30.0 Å². The lowest BCUT2D eigenvalue weighted by atomic mass is 9.95. The molecule has 2 nitrogen and oxygen atoms in total. The molecule has 0 N–H and O–H groups in total. The van der Waals surface area contributed by atoms with Crippen molar-refractivity contribution < 1.29 is 0 Å². The topological polar surface area (TPSA) is 27.0 Å². The van der Waals surface area contributed by atoms with Crippen molar-refractivity contribution in [1.29, 1.82) is 5.26 Å². The molecule has 0 saturated carbocycles. The number of nitrogens with zero attached hydrogens (tertiary/aromatic N) is 2. The Kier molecular flexibility index (Phi) is 3.68. The quantitative estimate of drug-likeness (QED) is 0.774. The van der Waals surface area contributed by atoms with Gasteiger partial charge in [-0.3, -0.25) is 0 Å². The molecule has 1 heterocycles. The average molecular weight is 228 g/mol. The minimum atomic E-state index is 0.790. The van der Waals surface area contributed by atoms with E-state index < -0.39 is 0 Å². The second kappa shape index (κ2) is 5.23. The van der Waals surface area contributed by atoms with E-state index in [4.69, 9.17) is 5.26 Å². The fourth-order valence-electron chi connectivity index (χ4n) is 2.60. The van der Waals surface area contributed by atoms with Gasteiger partial charge in [0.2, 0.25) is 0 Å². The monoisotopic (exact) mass is 228 g/mol. The Morgan fingerprint density at radius 2 is 2.29 bits per heavy atom. The van der Waals surface area contributed by atoms with Crippen molar-refractivity contribution in [3.05, 3.63) is 29.3 Å². The molecular formula is C15H20N2. The molecule has 0 amide bonds. The van der Waals surface area contributed by atoms with E-state index in [0.717, 1.165) is 23.6 Å². The summed E-state index contributed by atoms with van der Waals surface area (Å²) in [6, 6.07) is 8.41. The van der Waals surface area contributed by atoms with Crippen molar-refractivity contribution in [1.82, 2.24) is 0 Å². The van der Waals surface area contributed by atoms with Gasteiger partial charge in [-0.25, -0.2) is 0 Å². The molecule has 90 valence electrons. The van der Waals surface area contributed by atoms with E-state index in [0.29, 0.717) is 0 Å². The molecule has 0 spiro atoms. The van der Waals surface area contributed by atoms with Crippen LogP contribution in [0.1, 0.15) is 37.3 Å². The second-order valence-corrected chi connectivity index (χ2v) is 4.97. The van der Waals surface area contributed by atoms with Crippen LogP contribution in [-0.2, 0) is 0 Å². The van der Waals surface area contributed by atoms with Gasteiger partial charge in [-0.1, -0.05) is 13.3 Å². The molecule has 0 aliphatic carbocycles. The smallest absolute Gasteiger partial charge is 0.0994 e. The van der Waals surface area contributed by atoms with Gasteiger partial charge < -0.3 is 4.90 Å². The molecular weight excluding hydrogens is 208 g/mol. The summed E-state index contributed by atoms with van der Waals surface area (Å²) in [6.07, 6.45) is 3.92. The first kappa shape index (κ1) is 12.0. The van der Waals surface area contributed by atoms with Crippen molar-refractivity contribution in [2.24, 2.45) is 5.92 Å². The standard InChI is InChI=1S/C15H20N2/c1-3-13-5-4-8-17(11-13)15-7-6-14(10-16)12(2)9-15/h6-7,9,13H,3-5,8,11H2,1-2H3. The molecule has 1 aromatic carbocycles. The van der Waals surface area contributed by atoms with Crippen molar-refractivity contribution in [3.63, 3.8) is 0 Å². The lowest BCUT2D eigenvalue weighted by Crippen LogP contribution is -2.35. The van der Waals surface area contributed by atoms with Gasteiger partial charge in [0, 0.05) is 18.8 Å². The average Bonchev–Trinajstić information content (AvgIpc) is 2.38. The largest absolute Gasteiger partial charge is 0.371 e. The van der Waals surface area contributed by atoms with Crippen LogP contribution in [0.5, 0.6) is 0 Å². The molecule has 1 saturated heterocycles. The van der Waals surface area contributed by atoms with E-state index in [1.165, 1.54) is 31.5 Å². The highest BCUT2D eigenvalue weighted by Crippen LogP contribution is 2.26. The maximum atomic E-state index is 8.94. The molecule has 1 unspecified atom stereocenters. The van der Waals surface area contributed by atoms with E-state index in [9.17, 15) is 0 Å². The molecule has 1 aliphatic heterocycles. The molecule has 1 aromatic rings. The summed E-state index contributed by atoms with van der Waals surface area (Å²) in [5.41, 5.74) is 3.15. The molecule has 2 heteroatoms.